The molecule has 1 aliphatic heterocycles. The number of anilines is 1. The predicted molar refractivity (Wildman–Crippen MR) is 159 cm³/mol. The third-order valence-electron chi connectivity index (χ3n) is 6.95. The first-order chi connectivity index (χ1) is 18.9. The minimum atomic E-state index is -0.233. The van der Waals surface area contributed by atoms with Gasteiger partial charge >= 0.3 is 0 Å². The van der Waals surface area contributed by atoms with Crippen LogP contribution in [0.5, 0.6) is 5.75 Å². The second-order valence-corrected chi connectivity index (χ2v) is 10.5. The van der Waals surface area contributed by atoms with Crippen molar-refractivity contribution in [3.05, 3.63) is 111 Å². The van der Waals surface area contributed by atoms with Gasteiger partial charge in [0.05, 0.1) is 6.21 Å². The first kappa shape index (κ1) is 26.9. The number of aryl methyl sites for hydroxylation is 1. The number of hydrazone groups is 1. The summed E-state index contributed by atoms with van der Waals surface area (Å²) in [5.41, 5.74) is 9.26. The van der Waals surface area contributed by atoms with Crippen molar-refractivity contribution in [1.82, 2.24) is 9.99 Å². The fourth-order valence-corrected chi connectivity index (χ4v) is 5.29. The summed E-state index contributed by atoms with van der Waals surface area (Å²) in [5, 5.41) is 5.40. The molecule has 6 nitrogen and oxygen atoms in total. The van der Waals surface area contributed by atoms with Crippen molar-refractivity contribution >= 4 is 41.0 Å². The molecule has 5 rings (SSSR count). The summed E-state index contributed by atoms with van der Waals surface area (Å²) >= 11 is 12.2. The highest BCUT2D eigenvalue weighted by atomic mass is 35.5. The van der Waals surface area contributed by atoms with E-state index in [-0.39, 0.29) is 5.91 Å². The molecule has 0 aliphatic carbocycles. The number of nitrogens with zero attached hydrogens (tertiary/aromatic N) is 3. The molecular formula is C31H30Cl2N4O2. The molecule has 1 aromatic heterocycles. The van der Waals surface area contributed by atoms with Crippen LogP contribution in [0, 0.1) is 13.8 Å². The smallest absolute Gasteiger partial charge is 0.271 e. The largest absolute Gasteiger partial charge is 0.489 e. The average Bonchev–Trinajstić information content (AvgIpc) is 3.57. The minimum Gasteiger partial charge on any atom is -0.489 e. The van der Waals surface area contributed by atoms with Crippen molar-refractivity contribution in [1.29, 1.82) is 0 Å². The summed E-state index contributed by atoms with van der Waals surface area (Å²) in [6.07, 6.45) is 4.12. The maximum absolute atomic E-state index is 12.6. The van der Waals surface area contributed by atoms with Crippen LogP contribution in [-0.4, -0.2) is 29.8 Å². The Labute approximate surface area is 238 Å². The molecule has 1 amide bonds. The van der Waals surface area contributed by atoms with Crippen molar-refractivity contribution in [3.8, 4) is 11.4 Å². The van der Waals surface area contributed by atoms with E-state index in [1.165, 1.54) is 12.8 Å². The van der Waals surface area contributed by atoms with Gasteiger partial charge in [-0.3, -0.25) is 4.79 Å². The molecule has 1 N–H and O–H groups in total. The molecule has 1 saturated heterocycles. The van der Waals surface area contributed by atoms with Gasteiger partial charge in [0, 0.05) is 62.6 Å². The summed E-state index contributed by atoms with van der Waals surface area (Å²) < 4.78 is 8.05. The third kappa shape index (κ3) is 6.29. The lowest BCUT2D eigenvalue weighted by atomic mass is 10.2. The van der Waals surface area contributed by atoms with Crippen molar-refractivity contribution in [2.45, 2.75) is 33.3 Å². The lowest BCUT2D eigenvalue weighted by Crippen LogP contribution is -2.19. The molecule has 3 aromatic carbocycles. The number of carbonyl (C=O) groups is 1. The topological polar surface area (TPSA) is 58.9 Å². The average molecular weight is 562 g/mol. The van der Waals surface area contributed by atoms with E-state index in [9.17, 15) is 4.79 Å². The Morgan fingerprint density at radius 1 is 0.949 bits per heavy atom. The Kier molecular flexibility index (Phi) is 8.24. The van der Waals surface area contributed by atoms with Gasteiger partial charge < -0.3 is 14.2 Å². The SMILES string of the molecule is Cc1cc(/C=N\NC(=O)c2ccc(N3CCCC3)cc2)c(C)n1-c1ccc(OCc2ccc(Cl)cc2Cl)cc1. The Hall–Kier alpha value is -3.74. The number of hydrogen-bond acceptors (Lipinski definition) is 4. The molecule has 200 valence electrons. The molecule has 1 aliphatic rings. The zero-order valence-electron chi connectivity index (χ0n) is 22.0. The summed E-state index contributed by atoms with van der Waals surface area (Å²) in [4.78, 5) is 14.9. The van der Waals surface area contributed by atoms with E-state index >= 15 is 0 Å². The Balaban J connectivity index is 1.21. The van der Waals surface area contributed by atoms with E-state index in [4.69, 9.17) is 27.9 Å². The fourth-order valence-electron chi connectivity index (χ4n) is 4.83. The molecule has 8 heteroatoms. The normalized spacial score (nSPS) is 13.3. The minimum absolute atomic E-state index is 0.233. The van der Waals surface area contributed by atoms with Gasteiger partial charge in [-0.15, -0.1) is 0 Å². The van der Waals surface area contributed by atoms with E-state index < -0.39 is 0 Å². The fraction of sp³-hybridized carbons (Fsp3) is 0.226. The van der Waals surface area contributed by atoms with E-state index in [2.05, 4.69) is 20.0 Å². The first-order valence-electron chi connectivity index (χ1n) is 12.9. The van der Waals surface area contributed by atoms with Crippen LogP contribution in [-0.2, 0) is 6.61 Å². The zero-order chi connectivity index (χ0) is 27.4. The lowest BCUT2D eigenvalue weighted by Gasteiger charge is -2.17. The molecule has 1 fully saturated rings. The van der Waals surface area contributed by atoms with Crippen LogP contribution in [0.15, 0.2) is 77.9 Å². The molecule has 0 saturated carbocycles. The second-order valence-electron chi connectivity index (χ2n) is 9.62. The van der Waals surface area contributed by atoms with Crippen LogP contribution in [0.4, 0.5) is 5.69 Å². The highest BCUT2D eigenvalue weighted by Gasteiger charge is 2.13. The van der Waals surface area contributed by atoms with Crippen LogP contribution in [0.3, 0.4) is 0 Å². The standard InChI is InChI=1S/C31H30Cl2N4O2/c1-21-17-25(19-34-35-31(38)23-6-9-27(10-7-23)36-15-3-4-16-36)22(2)37(21)28-11-13-29(14-12-28)39-20-24-5-8-26(32)18-30(24)33/h5-14,17-19H,3-4,15-16,20H2,1-2H3,(H,35,38)/b34-19-. The summed E-state index contributed by atoms with van der Waals surface area (Å²) in [5.74, 6) is 0.508. The van der Waals surface area contributed by atoms with E-state index in [0.29, 0.717) is 22.2 Å². The lowest BCUT2D eigenvalue weighted by molar-refractivity contribution is 0.0955. The molecule has 0 radical (unpaired) electrons. The van der Waals surface area contributed by atoms with Gasteiger partial charge in [0.25, 0.3) is 5.91 Å². The van der Waals surface area contributed by atoms with Gasteiger partial charge in [0.2, 0.25) is 0 Å². The number of ether oxygens (including phenoxy) is 1. The van der Waals surface area contributed by atoms with Crippen LogP contribution >= 0.6 is 23.2 Å². The number of aromatic nitrogens is 1. The monoisotopic (exact) mass is 560 g/mol. The maximum Gasteiger partial charge on any atom is 0.271 e. The molecule has 0 spiro atoms. The van der Waals surface area contributed by atoms with Gasteiger partial charge in [-0.05, 0) is 93.4 Å². The van der Waals surface area contributed by atoms with Crippen LogP contribution in [0.2, 0.25) is 10.0 Å². The highest BCUT2D eigenvalue weighted by Crippen LogP contribution is 2.25. The van der Waals surface area contributed by atoms with Gasteiger partial charge in [-0.1, -0.05) is 29.3 Å². The number of carbonyl (C=O) groups excluding carboxylic acids is 1. The van der Waals surface area contributed by atoms with Gasteiger partial charge in [0.15, 0.2) is 0 Å². The summed E-state index contributed by atoms with van der Waals surface area (Å²) in [6, 6.07) is 23.0. The number of benzene rings is 3. The molecule has 2 heterocycles. The predicted octanol–water partition coefficient (Wildman–Crippen LogP) is 7.34. The molecule has 39 heavy (non-hydrogen) atoms. The molecule has 0 unspecified atom stereocenters. The van der Waals surface area contributed by atoms with Crippen LogP contribution < -0.4 is 15.1 Å². The number of nitrogens with one attached hydrogen (secondary N) is 1. The van der Waals surface area contributed by atoms with Crippen molar-refractivity contribution in [2.24, 2.45) is 5.10 Å². The zero-order valence-corrected chi connectivity index (χ0v) is 23.5. The van der Waals surface area contributed by atoms with Crippen LogP contribution in [0.25, 0.3) is 5.69 Å². The summed E-state index contributed by atoms with van der Waals surface area (Å²) in [6.45, 7) is 6.57. The number of amides is 1. The Morgan fingerprint density at radius 3 is 2.33 bits per heavy atom. The van der Waals surface area contributed by atoms with Crippen molar-refractivity contribution in [3.63, 3.8) is 0 Å². The highest BCUT2D eigenvalue weighted by molar-refractivity contribution is 6.35. The molecule has 0 bridgehead atoms. The van der Waals surface area contributed by atoms with E-state index in [0.717, 1.165) is 52.7 Å². The Bertz CT molecular complexity index is 1490. The van der Waals surface area contributed by atoms with E-state index in [1.54, 1.807) is 18.3 Å². The molecular weight excluding hydrogens is 531 g/mol. The van der Waals surface area contributed by atoms with Crippen molar-refractivity contribution < 1.29 is 9.53 Å². The first-order valence-corrected chi connectivity index (χ1v) is 13.7. The maximum atomic E-state index is 12.6. The second kappa shape index (κ2) is 12.0. The Morgan fingerprint density at radius 2 is 1.64 bits per heavy atom. The van der Waals surface area contributed by atoms with Gasteiger partial charge in [0.1, 0.15) is 12.4 Å². The van der Waals surface area contributed by atoms with Crippen molar-refractivity contribution in [2.75, 3.05) is 18.0 Å². The molecule has 4 aromatic rings. The van der Waals surface area contributed by atoms with Gasteiger partial charge in [-0.25, -0.2) is 5.43 Å². The molecule has 0 atom stereocenters. The van der Waals surface area contributed by atoms with Gasteiger partial charge in [-0.2, -0.15) is 5.10 Å². The third-order valence-corrected chi connectivity index (χ3v) is 7.53. The quantitative estimate of drug-likeness (QED) is 0.181. The number of rotatable bonds is 8. The number of halogens is 2. The van der Waals surface area contributed by atoms with Crippen LogP contribution in [0.1, 0.15) is 45.7 Å². The van der Waals surface area contributed by atoms with E-state index in [1.807, 2.05) is 74.5 Å². The summed E-state index contributed by atoms with van der Waals surface area (Å²) in [7, 11) is 0. The number of hydrogen-bond donors (Lipinski definition) is 1.